The predicted molar refractivity (Wildman–Crippen MR) is 72.8 cm³/mol. The van der Waals surface area contributed by atoms with Crippen molar-refractivity contribution in [3.8, 4) is 0 Å². The fourth-order valence-corrected chi connectivity index (χ4v) is 3.28. The maximum Gasteiger partial charge on any atom is 0.128 e. The van der Waals surface area contributed by atoms with Gasteiger partial charge in [0.25, 0.3) is 0 Å². The number of likely N-dealkylation sites (N-methyl/N-ethyl adjacent to an activating group) is 1. The lowest BCUT2D eigenvalue weighted by Crippen LogP contribution is -2.56. The number of imidazole rings is 1. The molecule has 1 atom stereocenters. The summed E-state index contributed by atoms with van der Waals surface area (Å²) in [6.07, 6.45) is 10.0. The lowest BCUT2D eigenvalue weighted by atomic mass is 9.75. The number of aromatic nitrogens is 2. The van der Waals surface area contributed by atoms with Crippen LogP contribution in [-0.4, -0.2) is 34.1 Å². The van der Waals surface area contributed by atoms with E-state index in [-0.39, 0.29) is 11.6 Å². The Morgan fingerprint density at radius 3 is 2.50 bits per heavy atom. The Labute approximate surface area is 109 Å². The predicted octanol–water partition coefficient (Wildman–Crippen LogP) is 1.19. The smallest absolute Gasteiger partial charge is 0.128 e. The van der Waals surface area contributed by atoms with Gasteiger partial charge in [-0.2, -0.15) is 0 Å². The van der Waals surface area contributed by atoms with Crippen LogP contribution >= 0.6 is 0 Å². The van der Waals surface area contributed by atoms with Crippen LogP contribution in [0.1, 0.15) is 44.0 Å². The van der Waals surface area contributed by atoms with Gasteiger partial charge >= 0.3 is 0 Å². The molecule has 0 aromatic carbocycles. The quantitative estimate of drug-likeness (QED) is 0.623. The summed E-state index contributed by atoms with van der Waals surface area (Å²) in [5, 5.41) is 0. The fraction of sp³-hybridized carbons (Fsp3) is 0.769. The highest BCUT2D eigenvalue weighted by Crippen LogP contribution is 2.41. The molecule has 5 heteroatoms. The van der Waals surface area contributed by atoms with Crippen LogP contribution in [0.2, 0.25) is 0 Å². The van der Waals surface area contributed by atoms with E-state index in [1.165, 1.54) is 32.1 Å². The van der Waals surface area contributed by atoms with E-state index in [2.05, 4.69) is 34.0 Å². The average Bonchev–Trinajstić information content (AvgIpc) is 2.78. The SMILES string of the molecule is CN(C)C1(C(NN)c2nccn2C)CCCCC1. The number of aryl methyl sites for hydroxylation is 1. The zero-order valence-corrected chi connectivity index (χ0v) is 11.7. The molecule has 1 aromatic heterocycles. The van der Waals surface area contributed by atoms with Crippen molar-refractivity contribution in [2.24, 2.45) is 12.9 Å². The van der Waals surface area contributed by atoms with Crippen LogP contribution in [0, 0.1) is 0 Å². The molecule has 0 radical (unpaired) electrons. The summed E-state index contributed by atoms with van der Waals surface area (Å²) >= 11 is 0. The Hall–Kier alpha value is -0.910. The Morgan fingerprint density at radius 2 is 2.06 bits per heavy atom. The molecule has 0 aliphatic heterocycles. The normalized spacial score (nSPS) is 21.2. The minimum atomic E-state index is 0.0755. The maximum absolute atomic E-state index is 5.86. The van der Waals surface area contributed by atoms with Gasteiger partial charge in [-0.15, -0.1) is 0 Å². The molecule has 5 nitrogen and oxygen atoms in total. The molecule has 1 aliphatic carbocycles. The topological polar surface area (TPSA) is 59.1 Å². The number of hydrogen-bond donors (Lipinski definition) is 2. The van der Waals surface area contributed by atoms with Crippen LogP contribution in [0.4, 0.5) is 0 Å². The van der Waals surface area contributed by atoms with Gasteiger partial charge in [0.2, 0.25) is 0 Å². The van der Waals surface area contributed by atoms with E-state index in [0.717, 1.165) is 5.82 Å². The lowest BCUT2D eigenvalue weighted by Gasteiger charge is -2.47. The molecule has 1 aliphatic rings. The highest BCUT2D eigenvalue weighted by atomic mass is 15.3. The standard InChI is InChI=1S/C13H25N5/c1-17(2)13(7-5-4-6-8-13)11(16-14)12-15-9-10-18(12)3/h9-11,16H,4-8,14H2,1-3H3. The summed E-state index contributed by atoms with van der Waals surface area (Å²) < 4.78 is 2.06. The molecule has 0 spiro atoms. The lowest BCUT2D eigenvalue weighted by molar-refractivity contribution is 0.0520. The zero-order chi connectivity index (χ0) is 13.2. The van der Waals surface area contributed by atoms with E-state index in [1.54, 1.807) is 0 Å². The highest BCUT2D eigenvalue weighted by molar-refractivity contribution is 5.11. The molecule has 0 amide bonds. The molecule has 1 unspecified atom stereocenters. The molecule has 0 saturated heterocycles. The van der Waals surface area contributed by atoms with Gasteiger partial charge in [-0.3, -0.25) is 5.84 Å². The third kappa shape index (κ3) is 2.18. The second-order valence-corrected chi connectivity index (χ2v) is 5.55. The van der Waals surface area contributed by atoms with Crippen LogP contribution < -0.4 is 11.3 Å². The second kappa shape index (κ2) is 5.38. The van der Waals surface area contributed by atoms with Crippen molar-refractivity contribution in [3.05, 3.63) is 18.2 Å². The van der Waals surface area contributed by atoms with Gasteiger partial charge in [-0.05, 0) is 26.9 Å². The van der Waals surface area contributed by atoms with Crippen LogP contribution in [0.25, 0.3) is 0 Å². The van der Waals surface area contributed by atoms with Crippen molar-refractivity contribution in [2.45, 2.75) is 43.7 Å². The number of rotatable bonds is 4. The minimum Gasteiger partial charge on any atom is -0.337 e. The molecule has 3 N–H and O–H groups in total. The van der Waals surface area contributed by atoms with Gasteiger partial charge in [0.15, 0.2) is 0 Å². The van der Waals surface area contributed by atoms with E-state index in [9.17, 15) is 0 Å². The van der Waals surface area contributed by atoms with Gasteiger partial charge in [0, 0.05) is 25.0 Å². The molecule has 1 saturated carbocycles. The second-order valence-electron chi connectivity index (χ2n) is 5.55. The van der Waals surface area contributed by atoms with Crippen molar-refractivity contribution < 1.29 is 0 Å². The van der Waals surface area contributed by atoms with Gasteiger partial charge in [-0.25, -0.2) is 10.4 Å². The minimum absolute atomic E-state index is 0.0755. The molecule has 0 bridgehead atoms. The fourth-order valence-electron chi connectivity index (χ4n) is 3.28. The number of nitrogens with zero attached hydrogens (tertiary/aromatic N) is 3. The largest absolute Gasteiger partial charge is 0.337 e. The Balaban J connectivity index is 2.36. The van der Waals surface area contributed by atoms with Crippen molar-refractivity contribution in [3.63, 3.8) is 0 Å². The van der Waals surface area contributed by atoms with E-state index < -0.39 is 0 Å². The molecular formula is C13H25N5. The highest BCUT2D eigenvalue weighted by Gasteiger charge is 2.43. The first-order chi connectivity index (χ1) is 8.62. The van der Waals surface area contributed by atoms with Gasteiger partial charge in [0.05, 0.1) is 6.04 Å². The van der Waals surface area contributed by atoms with Crippen LogP contribution in [0.3, 0.4) is 0 Å². The first-order valence-corrected chi connectivity index (χ1v) is 6.72. The summed E-state index contributed by atoms with van der Waals surface area (Å²) in [5.74, 6) is 6.88. The third-order valence-corrected chi connectivity index (χ3v) is 4.43. The van der Waals surface area contributed by atoms with Crippen molar-refractivity contribution in [2.75, 3.05) is 14.1 Å². The van der Waals surface area contributed by atoms with E-state index in [1.807, 2.05) is 19.4 Å². The molecule has 18 heavy (non-hydrogen) atoms. The number of nitrogens with two attached hydrogens (primary N) is 1. The van der Waals surface area contributed by atoms with Crippen molar-refractivity contribution in [1.29, 1.82) is 0 Å². The first-order valence-electron chi connectivity index (χ1n) is 6.72. The Morgan fingerprint density at radius 1 is 1.39 bits per heavy atom. The molecule has 1 fully saturated rings. The van der Waals surface area contributed by atoms with Gasteiger partial charge in [-0.1, -0.05) is 19.3 Å². The van der Waals surface area contributed by atoms with Gasteiger partial charge < -0.3 is 9.47 Å². The Bertz CT molecular complexity index is 378. The summed E-state index contributed by atoms with van der Waals surface area (Å²) in [4.78, 5) is 6.81. The Kier molecular flexibility index (Phi) is 4.04. The summed E-state index contributed by atoms with van der Waals surface area (Å²) in [7, 11) is 6.33. The summed E-state index contributed by atoms with van der Waals surface area (Å²) in [6.45, 7) is 0. The summed E-state index contributed by atoms with van der Waals surface area (Å²) in [5.41, 5.74) is 3.09. The van der Waals surface area contributed by atoms with Crippen molar-refractivity contribution >= 4 is 0 Å². The maximum atomic E-state index is 5.86. The molecular weight excluding hydrogens is 226 g/mol. The molecule has 1 heterocycles. The van der Waals surface area contributed by atoms with E-state index in [4.69, 9.17) is 5.84 Å². The van der Waals surface area contributed by atoms with Crippen LogP contribution in [0.5, 0.6) is 0 Å². The zero-order valence-electron chi connectivity index (χ0n) is 11.7. The summed E-state index contributed by atoms with van der Waals surface area (Å²) in [6, 6.07) is 0.0767. The number of hydrogen-bond acceptors (Lipinski definition) is 4. The third-order valence-electron chi connectivity index (χ3n) is 4.43. The first kappa shape index (κ1) is 13.5. The monoisotopic (exact) mass is 251 g/mol. The number of hydrazine groups is 1. The number of nitrogens with one attached hydrogen (secondary N) is 1. The van der Waals surface area contributed by atoms with E-state index in [0.29, 0.717) is 0 Å². The average molecular weight is 251 g/mol. The van der Waals surface area contributed by atoms with Crippen molar-refractivity contribution in [1.82, 2.24) is 19.9 Å². The van der Waals surface area contributed by atoms with Crippen LogP contribution in [-0.2, 0) is 7.05 Å². The van der Waals surface area contributed by atoms with Gasteiger partial charge in [0.1, 0.15) is 5.82 Å². The molecule has 102 valence electrons. The van der Waals surface area contributed by atoms with E-state index >= 15 is 0 Å². The van der Waals surface area contributed by atoms with Crippen LogP contribution in [0.15, 0.2) is 12.4 Å². The molecule has 1 aromatic rings. The molecule has 2 rings (SSSR count).